The Morgan fingerprint density at radius 1 is 1.71 bits per heavy atom. The molecule has 0 bridgehead atoms. The van der Waals surface area contributed by atoms with Gasteiger partial charge in [-0.1, -0.05) is 0 Å². The number of nitrogens with zero attached hydrogens (tertiary/aromatic N) is 1. The van der Waals surface area contributed by atoms with Crippen LogP contribution in [0.2, 0.25) is 0 Å². The molecule has 14 heavy (non-hydrogen) atoms. The van der Waals surface area contributed by atoms with Gasteiger partial charge in [-0.25, -0.2) is 0 Å². The van der Waals surface area contributed by atoms with E-state index in [4.69, 9.17) is 5.73 Å². The van der Waals surface area contributed by atoms with Gasteiger partial charge in [0.15, 0.2) is 0 Å². The Labute approximate surface area is 95.0 Å². The number of carbonyl (C=O) groups is 1. The molecule has 2 heterocycles. The third-order valence-electron chi connectivity index (χ3n) is 2.33. The summed E-state index contributed by atoms with van der Waals surface area (Å²) in [5.74, 6) is 0.0971. The van der Waals surface area contributed by atoms with Crippen molar-refractivity contribution in [1.29, 1.82) is 0 Å². The summed E-state index contributed by atoms with van der Waals surface area (Å²) in [5, 5.41) is 1.87. The Morgan fingerprint density at radius 3 is 3.00 bits per heavy atom. The monoisotopic (exact) mass is 274 g/mol. The van der Waals surface area contributed by atoms with Gasteiger partial charge in [0.25, 0.3) is 5.91 Å². The molecule has 0 radical (unpaired) electrons. The van der Waals surface area contributed by atoms with Crippen molar-refractivity contribution in [3.05, 3.63) is 20.8 Å². The van der Waals surface area contributed by atoms with Gasteiger partial charge in [-0.2, -0.15) is 0 Å². The van der Waals surface area contributed by atoms with Crippen LogP contribution in [0.15, 0.2) is 15.2 Å². The first-order chi connectivity index (χ1) is 6.66. The van der Waals surface area contributed by atoms with Crippen LogP contribution in [0, 0.1) is 0 Å². The molecule has 1 atom stereocenters. The molecule has 5 heteroatoms. The Kier molecular flexibility index (Phi) is 2.90. The van der Waals surface area contributed by atoms with Crippen molar-refractivity contribution in [3.8, 4) is 0 Å². The quantitative estimate of drug-likeness (QED) is 0.847. The van der Waals surface area contributed by atoms with E-state index in [1.165, 1.54) is 11.3 Å². The zero-order chi connectivity index (χ0) is 10.1. The van der Waals surface area contributed by atoms with Gasteiger partial charge in [0.1, 0.15) is 0 Å². The van der Waals surface area contributed by atoms with Gasteiger partial charge >= 0.3 is 0 Å². The summed E-state index contributed by atoms with van der Waals surface area (Å²) >= 11 is 4.87. The van der Waals surface area contributed by atoms with Gasteiger partial charge in [-0.3, -0.25) is 4.79 Å². The van der Waals surface area contributed by atoms with Crippen molar-refractivity contribution >= 4 is 33.2 Å². The molecular formula is C9H11BrN2OS. The van der Waals surface area contributed by atoms with Gasteiger partial charge in [0.05, 0.1) is 9.35 Å². The number of halogens is 1. The van der Waals surface area contributed by atoms with E-state index in [0.717, 1.165) is 22.3 Å². The molecule has 1 aliphatic rings. The molecule has 0 aliphatic carbocycles. The third kappa shape index (κ3) is 1.99. The lowest BCUT2D eigenvalue weighted by Crippen LogP contribution is -2.31. The molecule has 0 aromatic carbocycles. The van der Waals surface area contributed by atoms with Crippen molar-refractivity contribution < 1.29 is 4.79 Å². The molecule has 1 aliphatic heterocycles. The van der Waals surface area contributed by atoms with E-state index in [-0.39, 0.29) is 11.9 Å². The maximum Gasteiger partial charge on any atom is 0.254 e. The van der Waals surface area contributed by atoms with Gasteiger partial charge in [0.2, 0.25) is 0 Å². The van der Waals surface area contributed by atoms with Crippen LogP contribution in [0.1, 0.15) is 16.8 Å². The molecule has 1 aromatic rings. The zero-order valence-electron chi connectivity index (χ0n) is 7.57. The SMILES string of the molecule is N[C@H]1CCN(C(=O)c2csc(Br)c2)C1. The fourth-order valence-electron chi connectivity index (χ4n) is 1.58. The molecule has 76 valence electrons. The van der Waals surface area contributed by atoms with E-state index in [1.807, 2.05) is 16.3 Å². The lowest BCUT2D eigenvalue weighted by molar-refractivity contribution is 0.0791. The van der Waals surface area contributed by atoms with Crippen molar-refractivity contribution in [2.24, 2.45) is 5.73 Å². The van der Waals surface area contributed by atoms with Crippen LogP contribution in [0.3, 0.4) is 0 Å². The fourth-order valence-corrected chi connectivity index (χ4v) is 2.71. The Morgan fingerprint density at radius 2 is 2.50 bits per heavy atom. The average Bonchev–Trinajstić information content (AvgIpc) is 2.73. The normalized spacial score (nSPS) is 21.6. The fraction of sp³-hybridized carbons (Fsp3) is 0.444. The van der Waals surface area contributed by atoms with Crippen molar-refractivity contribution in [2.75, 3.05) is 13.1 Å². The first kappa shape index (κ1) is 10.1. The number of hydrogen-bond acceptors (Lipinski definition) is 3. The van der Waals surface area contributed by atoms with Crippen molar-refractivity contribution in [3.63, 3.8) is 0 Å². The van der Waals surface area contributed by atoms with Gasteiger partial charge < -0.3 is 10.6 Å². The summed E-state index contributed by atoms with van der Waals surface area (Å²) in [6.45, 7) is 1.47. The van der Waals surface area contributed by atoms with E-state index in [2.05, 4.69) is 15.9 Å². The summed E-state index contributed by atoms with van der Waals surface area (Å²) in [6.07, 6.45) is 0.914. The van der Waals surface area contributed by atoms with E-state index < -0.39 is 0 Å². The number of carbonyl (C=O) groups excluding carboxylic acids is 1. The molecule has 0 spiro atoms. The molecule has 1 amide bonds. The molecule has 1 saturated heterocycles. The number of likely N-dealkylation sites (tertiary alicyclic amines) is 1. The molecule has 2 N–H and O–H groups in total. The number of nitrogens with two attached hydrogens (primary N) is 1. The van der Waals surface area contributed by atoms with E-state index in [1.54, 1.807) is 0 Å². The Hall–Kier alpha value is -0.390. The second kappa shape index (κ2) is 4.00. The van der Waals surface area contributed by atoms with Crippen molar-refractivity contribution in [2.45, 2.75) is 12.5 Å². The van der Waals surface area contributed by atoms with Gasteiger partial charge in [-0.15, -0.1) is 11.3 Å². The molecule has 2 rings (SSSR count). The molecule has 1 fully saturated rings. The molecule has 1 aromatic heterocycles. The van der Waals surface area contributed by atoms with Crippen LogP contribution in [0.25, 0.3) is 0 Å². The minimum Gasteiger partial charge on any atom is -0.337 e. The first-order valence-corrected chi connectivity index (χ1v) is 6.13. The first-order valence-electron chi connectivity index (χ1n) is 4.45. The summed E-state index contributed by atoms with van der Waals surface area (Å²) in [7, 11) is 0. The summed E-state index contributed by atoms with van der Waals surface area (Å²) in [4.78, 5) is 13.7. The minimum absolute atomic E-state index is 0.0971. The highest BCUT2D eigenvalue weighted by Gasteiger charge is 2.24. The summed E-state index contributed by atoms with van der Waals surface area (Å²) in [6, 6.07) is 2.01. The predicted molar refractivity (Wildman–Crippen MR) is 60.5 cm³/mol. The lowest BCUT2D eigenvalue weighted by Gasteiger charge is -2.14. The van der Waals surface area contributed by atoms with E-state index in [0.29, 0.717) is 6.54 Å². The molecule has 0 unspecified atom stereocenters. The van der Waals surface area contributed by atoms with Crippen LogP contribution in [-0.4, -0.2) is 29.9 Å². The average molecular weight is 275 g/mol. The van der Waals surface area contributed by atoms with Crippen molar-refractivity contribution in [1.82, 2.24) is 4.90 Å². The zero-order valence-corrected chi connectivity index (χ0v) is 9.97. The second-order valence-corrected chi connectivity index (χ2v) is 5.73. The van der Waals surface area contributed by atoms with Gasteiger partial charge in [-0.05, 0) is 28.4 Å². The number of rotatable bonds is 1. The Bertz CT molecular complexity index is 352. The van der Waals surface area contributed by atoms with Crippen LogP contribution in [-0.2, 0) is 0 Å². The maximum atomic E-state index is 11.9. The summed E-state index contributed by atoms with van der Waals surface area (Å²) in [5.41, 5.74) is 6.51. The maximum absolute atomic E-state index is 11.9. The highest BCUT2D eigenvalue weighted by Crippen LogP contribution is 2.22. The van der Waals surface area contributed by atoms with Crippen LogP contribution < -0.4 is 5.73 Å². The molecule has 3 nitrogen and oxygen atoms in total. The highest BCUT2D eigenvalue weighted by atomic mass is 79.9. The second-order valence-electron chi connectivity index (χ2n) is 3.44. The smallest absolute Gasteiger partial charge is 0.254 e. The minimum atomic E-state index is 0.0971. The molecule has 0 saturated carbocycles. The van der Waals surface area contributed by atoms with Crippen LogP contribution in [0.4, 0.5) is 0 Å². The third-order valence-corrected chi connectivity index (χ3v) is 3.83. The van der Waals surface area contributed by atoms with Crippen LogP contribution in [0.5, 0.6) is 0 Å². The molecular weight excluding hydrogens is 264 g/mol. The van der Waals surface area contributed by atoms with Crippen LogP contribution >= 0.6 is 27.3 Å². The Balaban J connectivity index is 2.09. The van der Waals surface area contributed by atoms with E-state index in [9.17, 15) is 4.79 Å². The van der Waals surface area contributed by atoms with Gasteiger partial charge in [0, 0.05) is 24.5 Å². The number of amides is 1. The highest BCUT2D eigenvalue weighted by molar-refractivity contribution is 9.11. The van der Waals surface area contributed by atoms with E-state index >= 15 is 0 Å². The number of thiophene rings is 1. The topological polar surface area (TPSA) is 46.3 Å². The number of hydrogen-bond donors (Lipinski definition) is 1. The lowest BCUT2D eigenvalue weighted by atomic mass is 10.3. The standard InChI is InChI=1S/C9H11BrN2OS/c10-8-3-6(5-14-8)9(13)12-2-1-7(11)4-12/h3,5,7H,1-2,4,11H2/t7-/m0/s1. The largest absolute Gasteiger partial charge is 0.337 e. The summed E-state index contributed by atoms with van der Waals surface area (Å²) < 4.78 is 0.990. The predicted octanol–water partition coefficient (Wildman–Crippen LogP) is 1.68.